The average molecular weight is 322 g/mol. The summed E-state index contributed by atoms with van der Waals surface area (Å²) in [4.78, 5) is 16.9. The Morgan fingerprint density at radius 3 is 2.65 bits per heavy atom. The molecule has 0 unspecified atom stereocenters. The highest BCUT2D eigenvalue weighted by atomic mass is 32.2. The van der Waals surface area contributed by atoms with Gasteiger partial charge >= 0.3 is 0 Å². The predicted octanol–water partition coefficient (Wildman–Crippen LogP) is 4.74. The van der Waals surface area contributed by atoms with Gasteiger partial charge in [0.25, 0.3) is 0 Å². The standard InChI is InChI=1S/C19H18N2OS/c1-2-17(23-18-12-5-6-13-20-18)19(22)21-16-11-7-9-14-8-3-4-10-15(14)16/h3-13,17H,2H2,1H3,(H,21,22)/t17-/m0/s1. The van der Waals surface area contributed by atoms with Crippen molar-refractivity contribution in [3.8, 4) is 0 Å². The number of pyridine rings is 1. The smallest absolute Gasteiger partial charge is 0.237 e. The van der Waals surface area contributed by atoms with Gasteiger partial charge in [-0.05, 0) is 30.0 Å². The summed E-state index contributed by atoms with van der Waals surface area (Å²) in [6.07, 6.45) is 2.50. The van der Waals surface area contributed by atoms with Gasteiger partial charge in [-0.3, -0.25) is 4.79 Å². The summed E-state index contributed by atoms with van der Waals surface area (Å²) in [7, 11) is 0. The second-order valence-corrected chi connectivity index (χ2v) is 6.42. The normalized spacial score (nSPS) is 12.0. The maximum atomic E-state index is 12.6. The summed E-state index contributed by atoms with van der Waals surface area (Å²) < 4.78 is 0. The molecule has 1 aromatic heterocycles. The first-order chi connectivity index (χ1) is 11.3. The van der Waals surface area contributed by atoms with Crippen LogP contribution in [-0.2, 0) is 4.79 Å². The van der Waals surface area contributed by atoms with Crippen LogP contribution in [0, 0.1) is 0 Å². The van der Waals surface area contributed by atoms with Crippen LogP contribution < -0.4 is 5.32 Å². The van der Waals surface area contributed by atoms with Crippen LogP contribution >= 0.6 is 11.8 Å². The van der Waals surface area contributed by atoms with E-state index in [4.69, 9.17) is 0 Å². The van der Waals surface area contributed by atoms with Gasteiger partial charge in [-0.25, -0.2) is 4.98 Å². The Kier molecular flexibility index (Phi) is 4.93. The van der Waals surface area contributed by atoms with E-state index in [2.05, 4.69) is 10.3 Å². The van der Waals surface area contributed by atoms with E-state index in [0.29, 0.717) is 0 Å². The van der Waals surface area contributed by atoms with E-state index in [1.807, 2.05) is 67.6 Å². The number of hydrogen-bond donors (Lipinski definition) is 1. The van der Waals surface area contributed by atoms with Crippen LogP contribution in [0.1, 0.15) is 13.3 Å². The minimum atomic E-state index is -0.163. The molecule has 3 nitrogen and oxygen atoms in total. The van der Waals surface area contributed by atoms with E-state index in [1.54, 1.807) is 6.20 Å². The molecule has 0 bridgehead atoms. The zero-order chi connectivity index (χ0) is 16.1. The van der Waals surface area contributed by atoms with Crippen molar-refractivity contribution in [2.75, 3.05) is 5.32 Å². The zero-order valence-electron chi connectivity index (χ0n) is 12.9. The van der Waals surface area contributed by atoms with Gasteiger partial charge < -0.3 is 5.32 Å². The van der Waals surface area contributed by atoms with Crippen molar-refractivity contribution >= 4 is 34.1 Å². The number of fused-ring (bicyclic) bond motifs is 1. The molecule has 1 heterocycles. The van der Waals surface area contributed by atoms with Crippen molar-refractivity contribution in [2.24, 2.45) is 0 Å². The summed E-state index contributed by atoms with van der Waals surface area (Å²) in [6.45, 7) is 2.02. The number of aromatic nitrogens is 1. The fourth-order valence-corrected chi connectivity index (χ4v) is 3.34. The number of rotatable bonds is 5. The number of thioether (sulfide) groups is 1. The number of carbonyl (C=O) groups is 1. The largest absolute Gasteiger partial charge is 0.325 e. The third kappa shape index (κ3) is 3.71. The number of anilines is 1. The number of carbonyl (C=O) groups excluding carboxylic acids is 1. The molecule has 2 aromatic carbocycles. The van der Waals surface area contributed by atoms with Crippen LogP contribution in [0.3, 0.4) is 0 Å². The third-order valence-corrected chi connectivity index (χ3v) is 4.93. The highest BCUT2D eigenvalue weighted by molar-refractivity contribution is 8.00. The molecule has 3 rings (SSSR count). The quantitative estimate of drug-likeness (QED) is 0.690. The number of nitrogens with zero attached hydrogens (tertiary/aromatic N) is 1. The molecule has 0 radical (unpaired) electrons. The Bertz CT molecular complexity index is 799. The van der Waals surface area contributed by atoms with Crippen LogP contribution in [0.4, 0.5) is 5.69 Å². The summed E-state index contributed by atoms with van der Waals surface area (Å²) in [6, 6.07) is 19.7. The lowest BCUT2D eigenvalue weighted by molar-refractivity contribution is -0.115. The average Bonchev–Trinajstić information content (AvgIpc) is 2.61. The molecule has 116 valence electrons. The first kappa shape index (κ1) is 15.6. The second kappa shape index (κ2) is 7.29. The highest BCUT2D eigenvalue weighted by Crippen LogP contribution is 2.27. The number of hydrogen-bond acceptors (Lipinski definition) is 3. The van der Waals surface area contributed by atoms with Gasteiger partial charge in [0, 0.05) is 17.3 Å². The summed E-state index contributed by atoms with van der Waals surface area (Å²) in [5.74, 6) is 0.0134. The molecule has 3 aromatic rings. The molecular formula is C19H18N2OS. The van der Waals surface area contributed by atoms with Gasteiger partial charge in [-0.15, -0.1) is 0 Å². The van der Waals surface area contributed by atoms with Crippen molar-refractivity contribution < 1.29 is 4.79 Å². The SMILES string of the molecule is CC[C@H](Sc1ccccn1)C(=O)Nc1cccc2ccccc12. The molecule has 1 N–H and O–H groups in total. The lowest BCUT2D eigenvalue weighted by Crippen LogP contribution is -2.24. The van der Waals surface area contributed by atoms with Crippen LogP contribution in [0.15, 0.2) is 71.9 Å². The summed E-state index contributed by atoms with van der Waals surface area (Å²) in [5.41, 5.74) is 0.855. The van der Waals surface area contributed by atoms with Crippen LogP contribution in [0.2, 0.25) is 0 Å². The fourth-order valence-electron chi connectivity index (χ4n) is 2.43. The Morgan fingerprint density at radius 1 is 1.09 bits per heavy atom. The Balaban J connectivity index is 1.79. The van der Waals surface area contributed by atoms with E-state index < -0.39 is 0 Å². The summed E-state index contributed by atoms with van der Waals surface area (Å²) >= 11 is 1.50. The number of benzene rings is 2. The first-order valence-electron chi connectivity index (χ1n) is 7.64. The van der Waals surface area contributed by atoms with Gasteiger partial charge in [0.15, 0.2) is 0 Å². The van der Waals surface area contributed by atoms with Gasteiger partial charge in [-0.1, -0.05) is 61.2 Å². The van der Waals surface area contributed by atoms with Crippen molar-refractivity contribution in [2.45, 2.75) is 23.6 Å². The maximum absolute atomic E-state index is 12.6. The van der Waals surface area contributed by atoms with Crippen molar-refractivity contribution in [3.63, 3.8) is 0 Å². The van der Waals surface area contributed by atoms with Crippen molar-refractivity contribution in [3.05, 3.63) is 66.9 Å². The first-order valence-corrected chi connectivity index (χ1v) is 8.52. The Hall–Kier alpha value is -2.33. The molecule has 23 heavy (non-hydrogen) atoms. The second-order valence-electron chi connectivity index (χ2n) is 5.20. The van der Waals surface area contributed by atoms with Gasteiger partial charge in [0.05, 0.1) is 10.3 Å². The summed E-state index contributed by atoms with van der Waals surface area (Å²) in [5, 5.41) is 5.95. The Morgan fingerprint density at radius 2 is 1.87 bits per heavy atom. The maximum Gasteiger partial charge on any atom is 0.237 e. The van der Waals surface area contributed by atoms with Crippen LogP contribution in [0.5, 0.6) is 0 Å². The van der Waals surface area contributed by atoms with Gasteiger partial charge in [0.1, 0.15) is 0 Å². The molecule has 0 saturated carbocycles. The van der Waals surface area contributed by atoms with E-state index >= 15 is 0 Å². The van der Waals surface area contributed by atoms with E-state index in [9.17, 15) is 4.79 Å². The molecule has 0 fully saturated rings. The molecular weight excluding hydrogens is 304 g/mol. The van der Waals surface area contributed by atoms with Crippen molar-refractivity contribution in [1.29, 1.82) is 0 Å². The molecule has 0 aliphatic rings. The minimum Gasteiger partial charge on any atom is -0.325 e. The lowest BCUT2D eigenvalue weighted by Gasteiger charge is -2.15. The Labute approximate surface area is 140 Å². The fraction of sp³-hybridized carbons (Fsp3) is 0.158. The molecule has 0 aliphatic carbocycles. The molecule has 4 heteroatoms. The van der Waals surface area contributed by atoms with Crippen LogP contribution in [-0.4, -0.2) is 16.1 Å². The van der Waals surface area contributed by atoms with E-state index in [-0.39, 0.29) is 11.2 Å². The molecule has 1 amide bonds. The topological polar surface area (TPSA) is 42.0 Å². The zero-order valence-corrected chi connectivity index (χ0v) is 13.7. The van der Waals surface area contributed by atoms with Crippen LogP contribution in [0.25, 0.3) is 10.8 Å². The molecule has 0 spiro atoms. The van der Waals surface area contributed by atoms with Gasteiger partial charge in [-0.2, -0.15) is 0 Å². The predicted molar refractivity (Wildman–Crippen MR) is 96.8 cm³/mol. The molecule has 0 saturated heterocycles. The highest BCUT2D eigenvalue weighted by Gasteiger charge is 2.19. The molecule has 1 atom stereocenters. The third-order valence-electron chi connectivity index (χ3n) is 3.61. The monoisotopic (exact) mass is 322 g/mol. The van der Waals surface area contributed by atoms with Crippen molar-refractivity contribution in [1.82, 2.24) is 4.98 Å². The van der Waals surface area contributed by atoms with Gasteiger partial charge in [0.2, 0.25) is 5.91 Å². The minimum absolute atomic E-state index is 0.0134. The number of nitrogens with one attached hydrogen (secondary N) is 1. The van der Waals surface area contributed by atoms with E-state index in [0.717, 1.165) is 27.9 Å². The molecule has 0 aliphatic heterocycles. The number of amides is 1. The van der Waals surface area contributed by atoms with E-state index in [1.165, 1.54) is 11.8 Å². The lowest BCUT2D eigenvalue weighted by atomic mass is 10.1.